The van der Waals surface area contributed by atoms with Crippen LogP contribution in [-0.4, -0.2) is 20.0 Å². The molecule has 0 fully saturated rings. The van der Waals surface area contributed by atoms with Gasteiger partial charge in [-0.2, -0.15) is 0 Å². The maximum absolute atomic E-state index is 11.1. The first-order valence-electron chi connectivity index (χ1n) is 8.00. The highest BCUT2D eigenvalue weighted by atomic mass is 16.5. The Bertz CT molecular complexity index is 670. The van der Waals surface area contributed by atoms with Crippen LogP contribution < -0.4 is 9.47 Å². The van der Waals surface area contributed by atoms with Gasteiger partial charge < -0.3 is 9.47 Å². The smallest absolute Gasteiger partial charge is 0.162 e. The summed E-state index contributed by atoms with van der Waals surface area (Å²) < 4.78 is 10.3. The van der Waals surface area contributed by atoms with Crippen molar-refractivity contribution in [3.63, 3.8) is 0 Å². The second-order valence-electron chi connectivity index (χ2n) is 5.26. The molecule has 2 aromatic rings. The summed E-state index contributed by atoms with van der Waals surface area (Å²) in [7, 11) is 3.27. The zero-order chi connectivity index (χ0) is 17.9. The van der Waals surface area contributed by atoms with E-state index in [-0.39, 0.29) is 5.78 Å². The van der Waals surface area contributed by atoms with Crippen LogP contribution in [0.5, 0.6) is 11.5 Å². The van der Waals surface area contributed by atoms with Crippen molar-refractivity contribution in [3.05, 3.63) is 65.2 Å². The van der Waals surface area contributed by atoms with Gasteiger partial charge in [0.05, 0.1) is 14.2 Å². The van der Waals surface area contributed by atoms with E-state index in [0.29, 0.717) is 6.42 Å². The van der Waals surface area contributed by atoms with Crippen LogP contribution in [0, 0.1) is 6.92 Å². The van der Waals surface area contributed by atoms with E-state index >= 15 is 0 Å². The molecule has 0 aromatic heterocycles. The highest BCUT2D eigenvalue weighted by Gasteiger charge is 2.02. The average Bonchev–Trinajstić information content (AvgIpc) is 2.62. The molecule has 128 valence electrons. The summed E-state index contributed by atoms with van der Waals surface area (Å²) in [5.41, 5.74) is 3.12. The molecular formula is C21H26O3. The van der Waals surface area contributed by atoms with E-state index in [0.717, 1.165) is 22.6 Å². The molecule has 0 aliphatic heterocycles. The van der Waals surface area contributed by atoms with Gasteiger partial charge in [0.1, 0.15) is 0 Å². The van der Waals surface area contributed by atoms with Gasteiger partial charge in [-0.3, -0.25) is 4.79 Å². The zero-order valence-electron chi connectivity index (χ0n) is 15.1. The Hall–Kier alpha value is -2.55. The number of rotatable bonds is 5. The molecule has 0 heterocycles. The van der Waals surface area contributed by atoms with Gasteiger partial charge in [-0.25, -0.2) is 0 Å². The minimum atomic E-state index is 0.213. The second-order valence-corrected chi connectivity index (χ2v) is 5.26. The fraction of sp³-hybridized carbons (Fsp3) is 0.286. The Balaban J connectivity index is 0.000000243. The number of hydrogen-bond donors (Lipinski definition) is 0. The first-order chi connectivity index (χ1) is 11.5. The predicted octanol–water partition coefficient (Wildman–Crippen LogP) is 5.32. The molecule has 3 heteroatoms. The van der Waals surface area contributed by atoms with Crippen molar-refractivity contribution in [3.8, 4) is 11.5 Å². The molecule has 24 heavy (non-hydrogen) atoms. The van der Waals surface area contributed by atoms with Gasteiger partial charge in [0.15, 0.2) is 17.3 Å². The van der Waals surface area contributed by atoms with Crippen molar-refractivity contribution < 1.29 is 14.3 Å². The molecule has 0 atom stereocenters. The standard InChI is InChI=1S/C11H14O2.C10H12O/c1-4-5-9-6-7-10(12-2)11(8-9)13-3;1-3-10(11)9-6-4-8(2)5-7-9/h4-8H,1-3H3;4-7H,3H2,1-2H3/b5-4+;. The van der Waals surface area contributed by atoms with Crippen LogP contribution >= 0.6 is 0 Å². The SMILES string of the molecule is C/C=C/c1ccc(OC)c(OC)c1.CCC(=O)c1ccc(C)cc1. The van der Waals surface area contributed by atoms with Crippen LogP contribution in [0.3, 0.4) is 0 Å². The number of benzene rings is 2. The van der Waals surface area contributed by atoms with Gasteiger partial charge in [-0.15, -0.1) is 0 Å². The molecule has 0 N–H and O–H groups in total. The molecule has 3 nitrogen and oxygen atoms in total. The Labute approximate surface area is 144 Å². The number of carbonyl (C=O) groups excluding carboxylic acids is 1. The van der Waals surface area contributed by atoms with Crippen molar-refractivity contribution in [1.82, 2.24) is 0 Å². The minimum absolute atomic E-state index is 0.213. The number of ether oxygens (including phenoxy) is 2. The molecule has 0 aliphatic rings. The lowest BCUT2D eigenvalue weighted by molar-refractivity contribution is 0.0988. The molecule has 2 aromatic carbocycles. The van der Waals surface area contributed by atoms with Gasteiger partial charge >= 0.3 is 0 Å². The van der Waals surface area contributed by atoms with Gasteiger partial charge in [-0.1, -0.05) is 55.0 Å². The van der Waals surface area contributed by atoms with Crippen LogP contribution in [0.1, 0.15) is 41.8 Å². The molecular weight excluding hydrogens is 300 g/mol. The summed E-state index contributed by atoms with van der Waals surface area (Å²) in [5, 5.41) is 0. The van der Waals surface area contributed by atoms with E-state index in [2.05, 4.69) is 0 Å². The van der Waals surface area contributed by atoms with Crippen LogP contribution in [0.15, 0.2) is 48.5 Å². The van der Waals surface area contributed by atoms with E-state index in [1.807, 2.05) is 75.4 Å². The first-order valence-corrected chi connectivity index (χ1v) is 8.00. The Morgan fingerprint density at radius 3 is 2.12 bits per heavy atom. The number of methoxy groups -OCH3 is 2. The highest BCUT2D eigenvalue weighted by Crippen LogP contribution is 2.27. The summed E-state index contributed by atoms with van der Waals surface area (Å²) in [6.07, 6.45) is 4.59. The van der Waals surface area contributed by atoms with Crippen LogP contribution in [0.4, 0.5) is 0 Å². The topological polar surface area (TPSA) is 35.5 Å². The monoisotopic (exact) mass is 326 g/mol. The molecule has 0 saturated heterocycles. The average molecular weight is 326 g/mol. The first kappa shape index (κ1) is 19.5. The summed E-state index contributed by atoms with van der Waals surface area (Å²) in [6, 6.07) is 13.5. The van der Waals surface area contributed by atoms with Crippen LogP contribution in [0.25, 0.3) is 6.08 Å². The van der Waals surface area contributed by atoms with E-state index in [1.54, 1.807) is 14.2 Å². The molecule has 0 saturated carbocycles. The van der Waals surface area contributed by atoms with Gasteiger partial charge in [0.25, 0.3) is 0 Å². The molecule has 0 radical (unpaired) electrons. The molecule has 2 rings (SSSR count). The van der Waals surface area contributed by atoms with Crippen LogP contribution in [0.2, 0.25) is 0 Å². The second kappa shape index (κ2) is 10.3. The normalized spacial score (nSPS) is 10.0. The third kappa shape index (κ3) is 5.92. The third-order valence-electron chi connectivity index (χ3n) is 3.46. The van der Waals surface area contributed by atoms with Crippen molar-refractivity contribution in [1.29, 1.82) is 0 Å². The molecule has 0 unspecified atom stereocenters. The van der Waals surface area contributed by atoms with Gasteiger partial charge in [-0.05, 0) is 31.5 Å². The fourth-order valence-corrected chi connectivity index (χ4v) is 2.09. The van der Waals surface area contributed by atoms with E-state index in [1.165, 1.54) is 5.56 Å². The minimum Gasteiger partial charge on any atom is -0.493 e. The number of carbonyl (C=O) groups is 1. The Morgan fingerprint density at radius 2 is 1.62 bits per heavy atom. The van der Waals surface area contributed by atoms with E-state index in [9.17, 15) is 4.79 Å². The molecule has 0 bridgehead atoms. The lowest BCUT2D eigenvalue weighted by Crippen LogP contribution is -1.95. The number of Topliss-reactive ketones (excluding diaryl/α,β-unsaturated/α-hetero) is 1. The maximum atomic E-state index is 11.1. The Morgan fingerprint density at radius 1 is 1.00 bits per heavy atom. The summed E-state index contributed by atoms with van der Waals surface area (Å²) in [4.78, 5) is 11.1. The zero-order valence-corrected chi connectivity index (χ0v) is 15.1. The van der Waals surface area contributed by atoms with Crippen LogP contribution in [-0.2, 0) is 0 Å². The molecule has 0 amide bonds. The van der Waals surface area contributed by atoms with Crippen molar-refractivity contribution in [2.75, 3.05) is 14.2 Å². The van der Waals surface area contributed by atoms with Crippen molar-refractivity contribution in [2.45, 2.75) is 27.2 Å². The highest BCUT2D eigenvalue weighted by molar-refractivity contribution is 5.95. The third-order valence-corrected chi connectivity index (χ3v) is 3.46. The van der Waals surface area contributed by atoms with E-state index < -0.39 is 0 Å². The summed E-state index contributed by atoms with van der Waals surface area (Å²) >= 11 is 0. The largest absolute Gasteiger partial charge is 0.493 e. The maximum Gasteiger partial charge on any atom is 0.162 e. The number of hydrogen-bond acceptors (Lipinski definition) is 3. The van der Waals surface area contributed by atoms with Gasteiger partial charge in [0.2, 0.25) is 0 Å². The quantitative estimate of drug-likeness (QED) is 0.697. The molecule has 0 spiro atoms. The number of allylic oxidation sites excluding steroid dienone is 1. The fourth-order valence-electron chi connectivity index (χ4n) is 2.09. The predicted molar refractivity (Wildman–Crippen MR) is 100 cm³/mol. The Kier molecular flexibility index (Phi) is 8.34. The summed E-state index contributed by atoms with van der Waals surface area (Å²) in [6.45, 7) is 5.87. The van der Waals surface area contributed by atoms with E-state index in [4.69, 9.17) is 9.47 Å². The number of ketones is 1. The van der Waals surface area contributed by atoms with Gasteiger partial charge in [0, 0.05) is 12.0 Å². The lowest BCUT2D eigenvalue weighted by atomic mass is 10.1. The lowest BCUT2D eigenvalue weighted by Gasteiger charge is -2.07. The summed E-state index contributed by atoms with van der Waals surface area (Å²) in [5.74, 6) is 1.74. The van der Waals surface area contributed by atoms with Crippen molar-refractivity contribution >= 4 is 11.9 Å². The molecule has 0 aliphatic carbocycles. The van der Waals surface area contributed by atoms with Crippen molar-refractivity contribution in [2.24, 2.45) is 0 Å². The number of aryl methyl sites for hydroxylation is 1.